The number of non-ortho nitro benzene ring substituents is 1. The molecule has 0 unspecified atom stereocenters. The van der Waals surface area contributed by atoms with Crippen molar-refractivity contribution in [1.82, 2.24) is 9.78 Å². The molecule has 0 aliphatic carbocycles. The van der Waals surface area contributed by atoms with Gasteiger partial charge in [0.05, 0.1) is 15.6 Å². The van der Waals surface area contributed by atoms with Gasteiger partial charge in [-0.15, -0.1) is 0 Å². The lowest BCUT2D eigenvalue weighted by Crippen LogP contribution is -2.15. The molecule has 1 aromatic heterocycles. The van der Waals surface area contributed by atoms with Crippen LogP contribution in [0.15, 0.2) is 58.5 Å². The molecule has 1 N–H and O–H groups in total. The molecule has 0 atom stereocenters. The molecule has 29 heavy (non-hydrogen) atoms. The van der Waals surface area contributed by atoms with Gasteiger partial charge in [-0.3, -0.25) is 19.6 Å². The Morgan fingerprint density at radius 3 is 2.55 bits per heavy atom. The largest absolute Gasteiger partial charge is 0.326 e. The van der Waals surface area contributed by atoms with Gasteiger partial charge in [-0.1, -0.05) is 41.1 Å². The molecule has 1 heterocycles. The van der Waals surface area contributed by atoms with Gasteiger partial charge in [0.25, 0.3) is 5.69 Å². The molecule has 9 heteroatoms. The first-order valence-electron chi connectivity index (χ1n) is 8.83. The Labute approximate surface area is 177 Å². The third-order valence-corrected chi connectivity index (χ3v) is 5.45. The van der Waals surface area contributed by atoms with Gasteiger partial charge in [-0.25, -0.2) is 0 Å². The molecule has 0 saturated heterocycles. The maximum Gasteiger partial charge on any atom is 0.272 e. The molecule has 0 spiro atoms. The Morgan fingerprint density at radius 2 is 1.93 bits per heavy atom. The second-order valence-electron chi connectivity index (χ2n) is 6.51. The van der Waals surface area contributed by atoms with Crippen LogP contribution in [0.5, 0.6) is 0 Å². The number of nitro groups is 1. The highest BCUT2D eigenvalue weighted by Crippen LogP contribution is 2.33. The summed E-state index contributed by atoms with van der Waals surface area (Å²) in [5.41, 5.74) is 2.14. The van der Waals surface area contributed by atoms with Crippen molar-refractivity contribution in [1.29, 1.82) is 0 Å². The van der Waals surface area contributed by atoms with Crippen LogP contribution < -0.4 is 5.32 Å². The Bertz CT molecular complexity index is 1030. The second-order valence-corrected chi connectivity index (χ2v) is 8.07. The van der Waals surface area contributed by atoms with Crippen molar-refractivity contribution in [3.05, 3.63) is 75.1 Å². The predicted molar refractivity (Wildman–Crippen MR) is 114 cm³/mol. The average Bonchev–Trinajstić information content (AvgIpc) is 2.99. The number of amides is 1. The van der Waals surface area contributed by atoms with E-state index in [0.717, 1.165) is 10.5 Å². The number of benzene rings is 2. The van der Waals surface area contributed by atoms with Gasteiger partial charge in [-0.05, 0) is 32.0 Å². The highest BCUT2D eigenvalue weighted by molar-refractivity contribution is 7.99. The van der Waals surface area contributed by atoms with Crippen molar-refractivity contribution >= 4 is 40.6 Å². The number of carbonyl (C=O) groups excluding carboxylic acids is 1. The average molecular weight is 431 g/mol. The topological polar surface area (TPSA) is 90.1 Å². The number of carbonyl (C=O) groups is 1. The van der Waals surface area contributed by atoms with Crippen LogP contribution in [0.4, 0.5) is 11.4 Å². The summed E-state index contributed by atoms with van der Waals surface area (Å²) < 4.78 is 1.60. The predicted octanol–water partition coefficient (Wildman–Crippen LogP) is 5.24. The molecular formula is C20H19ClN4O3S. The van der Waals surface area contributed by atoms with E-state index in [9.17, 15) is 14.9 Å². The molecule has 7 nitrogen and oxygen atoms in total. The van der Waals surface area contributed by atoms with E-state index < -0.39 is 4.92 Å². The van der Waals surface area contributed by atoms with Gasteiger partial charge in [0, 0.05) is 46.8 Å². The van der Waals surface area contributed by atoms with E-state index in [1.165, 1.54) is 23.9 Å². The smallest absolute Gasteiger partial charge is 0.272 e. The van der Waals surface area contributed by atoms with E-state index >= 15 is 0 Å². The number of nitrogens with zero attached hydrogens (tertiary/aromatic N) is 3. The van der Waals surface area contributed by atoms with Crippen LogP contribution in [0, 0.1) is 24.0 Å². The highest BCUT2D eigenvalue weighted by Gasteiger charge is 2.13. The zero-order valence-electron chi connectivity index (χ0n) is 15.9. The molecular weight excluding hydrogens is 412 g/mol. The molecule has 0 radical (unpaired) electrons. The van der Waals surface area contributed by atoms with Gasteiger partial charge in [0.15, 0.2) is 0 Å². The molecule has 0 saturated carbocycles. The number of aryl methyl sites for hydroxylation is 3. The summed E-state index contributed by atoms with van der Waals surface area (Å²) in [6.07, 6.45) is 1.83. The summed E-state index contributed by atoms with van der Waals surface area (Å²) >= 11 is 7.36. The van der Waals surface area contributed by atoms with Crippen LogP contribution in [0.25, 0.3) is 0 Å². The van der Waals surface area contributed by atoms with Crippen molar-refractivity contribution in [2.24, 2.45) is 0 Å². The van der Waals surface area contributed by atoms with E-state index in [0.29, 0.717) is 27.8 Å². The van der Waals surface area contributed by atoms with E-state index in [1.54, 1.807) is 23.9 Å². The summed E-state index contributed by atoms with van der Waals surface area (Å²) in [5.74, 6) is -0.263. The molecule has 3 rings (SSSR count). The van der Waals surface area contributed by atoms with Gasteiger partial charge >= 0.3 is 0 Å². The number of anilines is 1. The van der Waals surface area contributed by atoms with Gasteiger partial charge < -0.3 is 5.32 Å². The first-order valence-corrected chi connectivity index (χ1v) is 10.0. The Hall–Kier alpha value is -2.84. The van der Waals surface area contributed by atoms with Crippen LogP contribution in [-0.2, 0) is 11.3 Å². The van der Waals surface area contributed by atoms with E-state index in [2.05, 4.69) is 10.4 Å². The Balaban J connectivity index is 1.71. The van der Waals surface area contributed by atoms with Crippen molar-refractivity contribution in [2.45, 2.75) is 36.6 Å². The summed E-state index contributed by atoms with van der Waals surface area (Å²) in [4.78, 5) is 24.8. The van der Waals surface area contributed by atoms with Crippen LogP contribution >= 0.6 is 23.4 Å². The zero-order chi connectivity index (χ0) is 21.0. The normalized spacial score (nSPS) is 10.7. The molecule has 0 aliphatic heterocycles. The van der Waals surface area contributed by atoms with Crippen LogP contribution in [0.3, 0.4) is 0 Å². The lowest BCUT2D eigenvalue weighted by Gasteiger charge is -2.08. The molecule has 1 amide bonds. The second kappa shape index (κ2) is 9.11. The van der Waals surface area contributed by atoms with Crippen molar-refractivity contribution in [3.8, 4) is 0 Å². The quantitative estimate of drug-likeness (QED) is 0.408. The van der Waals surface area contributed by atoms with Gasteiger partial charge in [-0.2, -0.15) is 5.10 Å². The minimum absolute atomic E-state index is 0.0769. The maximum absolute atomic E-state index is 12.3. The van der Waals surface area contributed by atoms with Crippen molar-refractivity contribution in [3.63, 3.8) is 0 Å². The molecule has 150 valence electrons. The van der Waals surface area contributed by atoms with Crippen LogP contribution in [0.2, 0.25) is 5.02 Å². The van der Waals surface area contributed by atoms with E-state index in [4.69, 9.17) is 11.6 Å². The lowest BCUT2D eigenvalue weighted by molar-refractivity contribution is -0.385. The van der Waals surface area contributed by atoms with Crippen molar-refractivity contribution < 1.29 is 9.72 Å². The number of rotatable bonds is 7. The minimum atomic E-state index is -0.469. The lowest BCUT2D eigenvalue weighted by atomic mass is 10.2. The van der Waals surface area contributed by atoms with Crippen molar-refractivity contribution in [2.75, 3.05) is 5.32 Å². The van der Waals surface area contributed by atoms with Crippen LogP contribution in [0.1, 0.15) is 17.7 Å². The monoisotopic (exact) mass is 430 g/mol. The number of hydrogen-bond donors (Lipinski definition) is 1. The van der Waals surface area contributed by atoms with Gasteiger partial charge in [0.1, 0.15) is 0 Å². The highest BCUT2D eigenvalue weighted by atomic mass is 35.5. The number of aromatic nitrogens is 2. The summed E-state index contributed by atoms with van der Waals surface area (Å²) in [7, 11) is 0. The molecule has 0 bridgehead atoms. The minimum Gasteiger partial charge on any atom is -0.326 e. The SMILES string of the molecule is Cc1ccc(Sc2cc(NC(=O)CCn3cc(Cl)c(C)n3)cc([N+](=O)[O-])c2)cc1. The number of halogens is 1. The number of nitrogens with one attached hydrogen (secondary N) is 1. The fraction of sp³-hybridized carbons (Fsp3) is 0.200. The summed E-state index contributed by atoms with van der Waals surface area (Å²) in [5, 5.41) is 18.8. The fourth-order valence-electron chi connectivity index (χ4n) is 2.61. The fourth-order valence-corrected chi connectivity index (χ4v) is 3.67. The summed E-state index contributed by atoms with van der Waals surface area (Å²) in [6.45, 7) is 4.14. The van der Waals surface area contributed by atoms with Gasteiger partial charge in [0.2, 0.25) is 5.91 Å². The molecule has 3 aromatic rings. The Kier molecular flexibility index (Phi) is 6.56. The number of nitro benzene ring substituents is 1. The third kappa shape index (κ3) is 5.82. The molecule has 0 aliphatic rings. The molecule has 0 fully saturated rings. The Morgan fingerprint density at radius 1 is 1.21 bits per heavy atom. The standard InChI is InChI=1S/C20H19ClN4O3S/c1-13-3-5-17(6-4-13)29-18-10-15(9-16(11-18)25(27)28)22-20(26)7-8-24-12-19(21)14(2)23-24/h3-6,9-12H,7-8H2,1-2H3,(H,22,26). The maximum atomic E-state index is 12.3. The zero-order valence-corrected chi connectivity index (χ0v) is 17.5. The van der Waals surface area contributed by atoms with E-state index in [-0.39, 0.29) is 18.0 Å². The first kappa shape index (κ1) is 20.9. The number of hydrogen-bond acceptors (Lipinski definition) is 5. The summed E-state index contributed by atoms with van der Waals surface area (Å²) in [6, 6.07) is 12.4. The van der Waals surface area contributed by atoms with Crippen LogP contribution in [-0.4, -0.2) is 20.6 Å². The van der Waals surface area contributed by atoms with E-state index in [1.807, 2.05) is 31.2 Å². The first-order chi connectivity index (χ1) is 13.8. The molecule has 2 aromatic carbocycles. The third-order valence-electron chi connectivity index (χ3n) is 4.10.